The summed E-state index contributed by atoms with van der Waals surface area (Å²) < 4.78 is 0. The van der Waals surface area contributed by atoms with Gasteiger partial charge in [0.25, 0.3) is 0 Å². The topological polar surface area (TPSA) is 40.5 Å². The molecule has 1 N–H and O–H groups in total. The highest BCUT2D eigenvalue weighted by Gasteiger charge is 2.51. The monoisotopic (exact) mass is 225 g/mol. The first-order valence-corrected chi connectivity index (χ1v) is 5.94. The van der Waals surface area contributed by atoms with Gasteiger partial charge in [0.2, 0.25) is 5.91 Å². The number of β-lactam (4-membered cyclic amide) rings is 1. The van der Waals surface area contributed by atoms with Crippen LogP contribution in [0.1, 0.15) is 34.6 Å². The van der Waals surface area contributed by atoms with Crippen LogP contribution in [0.25, 0.3) is 0 Å². The molecule has 0 radical (unpaired) electrons. The fourth-order valence-electron chi connectivity index (χ4n) is 2.32. The van der Waals surface area contributed by atoms with Crippen molar-refractivity contribution in [2.24, 2.45) is 11.8 Å². The zero-order valence-corrected chi connectivity index (χ0v) is 10.9. The molecule has 0 saturated carbocycles. The Hall–Kier alpha value is -0.830. The van der Waals surface area contributed by atoms with Gasteiger partial charge in [0.1, 0.15) is 0 Å². The molecule has 1 aliphatic rings. The van der Waals surface area contributed by atoms with Crippen LogP contribution in [0, 0.1) is 11.8 Å². The van der Waals surface area contributed by atoms with E-state index in [2.05, 4.69) is 27.4 Å². The highest BCUT2D eigenvalue weighted by Crippen LogP contribution is 2.37. The molecule has 1 rings (SSSR count). The molecule has 1 saturated heterocycles. The molecule has 3 nitrogen and oxygen atoms in total. The summed E-state index contributed by atoms with van der Waals surface area (Å²) in [5.74, 6) is 0.184. The van der Waals surface area contributed by atoms with Crippen LogP contribution in [0.15, 0.2) is 12.2 Å². The molecule has 0 bridgehead atoms. The number of aliphatic hydroxyl groups is 1. The van der Waals surface area contributed by atoms with Gasteiger partial charge in [-0.2, -0.15) is 0 Å². The predicted molar refractivity (Wildman–Crippen MR) is 64.9 cm³/mol. The summed E-state index contributed by atoms with van der Waals surface area (Å²) in [5, 5.41) is 9.61. The molecule has 92 valence electrons. The van der Waals surface area contributed by atoms with Crippen molar-refractivity contribution < 1.29 is 9.90 Å². The molecule has 1 amide bonds. The summed E-state index contributed by atoms with van der Waals surface area (Å²) in [7, 11) is 0. The number of hydrogen-bond acceptors (Lipinski definition) is 2. The molecule has 0 aromatic heterocycles. The second-order valence-corrected chi connectivity index (χ2v) is 5.29. The molecular weight excluding hydrogens is 202 g/mol. The zero-order valence-electron chi connectivity index (χ0n) is 10.9. The quantitative estimate of drug-likeness (QED) is 0.585. The average Bonchev–Trinajstić information content (AvgIpc) is 2.12. The Morgan fingerprint density at radius 2 is 1.88 bits per heavy atom. The van der Waals surface area contributed by atoms with Gasteiger partial charge in [0.05, 0.1) is 18.1 Å². The first-order valence-electron chi connectivity index (χ1n) is 5.94. The number of aliphatic hydroxyl groups excluding tert-OH is 1. The maximum atomic E-state index is 12.0. The third-order valence-electron chi connectivity index (χ3n) is 3.61. The van der Waals surface area contributed by atoms with Crippen LogP contribution in [0.2, 0.25) is 0 Å². The van der Waals surface area contributed by atoms with E-state index in [0.717, 1.165) is 5.57 Å². The summed E-state index contributed by atoms with van der Waals surface area (Å²) in [4.78, 5) is 13.9. The lowest BCUT2D eigenvalue weighted by molar-refractivity contribution is -0.166. The summed E-state index contributed by atoms with van der Waals surface area (Å²) in [6.45, 7) is 13.8. The zero-order chi connectivity index (χ0) is 12.6. The van der Waals surface area contributed by atoms with E-state index in [4.69, 9.17) is 0 Å². The van der Waals surface area contributed by atoms with Gasteiger partial charge in [-0.15, -0.1) is 0 Å². The maximum Gasteiger partial charge on any atom is 0.231 e. The smallest absolute Gasteiger partial charge is 0.231 e. The standard InChI is InChI=1S/C13H23NO2/c1-7(2)9(5)14-12(8(3)4)11(10(6)15)13(14)16/h7,9-12,15H,3H2,1-2,4-6H3. The SMILES string of the molecule is C=C(C)C1C(C(C)O)C(=O)N1C(C)C(C)C. The normalized spacial score (nSPS) is 28.9. The predicted octanol–water partition coefficient (Wildman–Crippen LogP) is 1.81. The molecule has 3 heteroatoms. The highest BCUT2D eigenvalue weighted by atomic mass is 16.3. The van der Waals surface area contributed by atoms with Crippen LogP contribution in [-0.4, -0.2) is 34.1 Å². The maximum absolute atomic E-state index is 12.0. The largest absolute Gasteiger partial charge is 0.392 e. The van der Waals surface area contributed by atoms with Crippen LogP contribution >= 0.6 is 0 Å². The van der Waals surface area contributed by atoms with Crippen LogP contribution in [0.5, 0.6) is 0 Å². The van der Waals surface area contributed by atoms with Gasteiger partial charge < -0.3 is 10.0 Å². The van der Waals surface area contributed by atoms with E-state index in [0.29, 0.717) is 5.92 Å². The number of amides is 1. The Balaban J connectivity index is 2.88. The first kappa shape index (κ1) is 13.2. The molecule has 16 heavy (non-hydrogen) atoms. The molecule has 4 unspecified atom stereocenters. The van der Waals surface area contributed by atoms with Crippen molar-refractivity contribution in [1.29, 1.82) is 0 Å². The molecule has 4 atom stereocenters. The number of hydrogen-bond donors (Lipinski definition) is 1. The second-order valence-electron chi connectivity index (χ2n) is 5.29. The van der Waals surface area contributed by atoms with Crippen molar-refractivity contribution in [3.63, 3.8) is 0 Å². The number of carbonyl (C=O) groups is 1. The average molecular weight is 225 g/mol. The van der Waals surface area contributed by atoms with Gasteiger partial charge in [-0.05, 0) is 26.7 Å². The van der Waals surface area contributed by atoms with Crippen LogP contribution < -0.4 is 0 Å². The Kier molecular flexibility index (Phi) is 3.79. The van der Waals surface area contributed by atoms with Gasteiger partial charge in [-0.3, -0.25) is 4.79 Å². The molecule has 0 aliphatic carbocycles. The third kappa shape index (κ3) is 2.01. The number of likely N-dealkylation sites (tertiary alicyclic amines) is 1. The minimum absolute atomic E-state index is 0.00454. The van der Waals surface area contributed by atoms with E-state index < -0.39 is 6.10 Å². The Morgan fingerprint density at radius 3 is 2.19 bits per heavy atom. The fourth-order valence-corrected chi connectivity index (χ4v) is 2.32. The number of nitrogens with zero attached hydrogens (tertiary/aromatic N) is 1. The lowest BCUT2D eigenvalue weighted by Crippen LogP contribution is -2.67. The van der Waals surface area contributed by atoms with Gasteiger partial charge in [-0.1, -0.05) is 26.0 Å². The Bertz CT molecular complexity index is 296. The molecule has 0 spiro atoms. The highest BCUT2D eigenvalue weighted by molar-refractivity contribution is 5.88. The molecule has 1 heterocycles. The minimum Gasteiger partial charge on any atom is -0.392 e. The van der Waals surface area contributed by atoms with Crippen molar-refractivity contribution in [1.82, 2.24) is 4.90 Å². The van der Waals surface area contributed by atoms with Crippen molar-refractivity contribution >= 4 is 5.91 Å². The Labute approximate surface area is 98.1 Å². The van der Waals surface area contributed by atoms with Gasteiger partial charge >= 0.3 is 0 Å². The van der Waals surface area contributed by atoms with E-state index >= 15 is 0 Å². The number of rotatable bonds is 4. The second kappa shape index (κ2) is 4.58. The molecule has 1 aliphatic heterocycles. The van der Waals surface area contributed by atoms with Crippen LogP contribution in [0.3, 0.4) is 0 Å². The van der Waals surface area contributed by atoms with Gasteiger partial charge in [0, 0.05) is 6.04 Å². The van der Waals surface area contributed by atoms with E-state index in [1.807, 2.05) is 11.8 Å². The van der Waals surface area contributed by atoms with E-state index in [-0.39, 0.29) is 23.9 Å². The fraction of sp³-hybridized carbons (Fsp3) is 0.769. The minimum atomic E-state index is -0.593. The van der Waals surface area contributed by atoms with Crippen molar-refractivity contribution in [3.05, 3.63) is 12.2 Å². The van der Waals surface area contributed by atoms with Crippen LogP contribution in [0.4, 0.5) is 0 Å². The number of carbonyl (C=O) groups excluding carboxylic acids is 1. The third-order valence-corrected chi connectivity index (χ3v) is 3.61. The lowest BCUT2D eigenvalue weighted by Gasteiger charge is -2.52. The molecule has 1 fully saturated rings. The van der Waals surface area contributed by atoms with Crippen LogP contribution in [-0.2, 0) is 4.79 Å². The van der Waals surface area contributed by atoms with E-state index in [1.165, 1.54) is 0 Å². The van der Waals surface area contributed by atoms with Gasteiger partial charge in [0.15, 0.2) is 0 Å². The molecule has 0 aromatic carbocycles. The summed E-state index contributed by atoms with van der Waals surface area (Å²) in [5.41, 5.74) is 0.956. The van der Waals surface area contributed by atoms with Crippen molar-refractivity contribution in [3.8, 4) is 0 Å². The summed E-state index contributed by atoms with van der Waals surface area (Å²) >= 11 is 0. The van der Waals surface area contributed by atoms with Crippen molar-refractivity contribution in [2.75, 3.05) is 0 Å². The first-order chi connectivity index (χ1) is 7.29. The molecule has 0 aromatic rings. The Morgan fingerprint density at radius 1 is 1.38 bits per heavy atom. The summed E-state index contributed by atoms with van der Waals surface area (Å²) in [6, 6.07) is 0.203. The summed E-state index contributed by atoms with van der Waals surface area (Å²) in [6.07, 6.45) is -0.593. The lowest BCUT2D eigenvalue weighted by atomic mass is 9.77. The van der Waals surface area contributed by atoms with Gasteiger partial charge in [-0.25, -0.2) is 0 Å². The van der Waals surface area contributed by atoms with Crippen molar-refractivity contribution in [2.45, 2.75) is 52.8 Å². The molecular formula is C13H23NO2. The van der Waals surface area contributed by atoms with E-state index in [9.17, 15) is 9.90 Å². The van der Waals surface area contributed by atoms with E-state index in [1.54, 1.807) is 6.92 Å².